The number of nitrogens with one attached hydrogen (secondary N) is 1. The van der Waals surface area contributed by atoms with E-state index in [-0.39, 0.29) is 0 Å². The third-order valence-electron chi connectivity index (χ3n) is 2.48. The smallest absolute Gasteiger partial charge is 0.357 e. The van der Waals surface area contributed by atoms with Crippen molar-refractivity contribution in [3.63, 3.8) is 0 Å². The number of hydrogen-bond donors (Lipinski definition) is 1. The molecule has 110 valence electrons. The molecule has 21 heavy (non-hydrogen) atoms. The Bertz CT molecular complexity index is 623. The zero-order valence-electron chi connectivity index (χ0n) is 11.7. The van der Waals surface area contributed by atoms with Crippen LogP contribution in [0.25, 0.3) is 0 Å². The first kappa shape index (κ1) is 15.5. The van der Waals surface area contributed by atoms with Gasteiger partial charge in [-0.2, -0.15) is 5.10 Å². The second-order valence-corrected chi connectivity index (χ2v) is 5.64. The fourth-order valence-electron chi connectivity index (χ4n) is 1.48. The molecule has 1 aromatic heterocycles. The Balaban J connectivity index is 1.93. The third kappa shape index (κ3) is 4.57. The van der Waals surface area contributed by atoms with E-state index in [0.29, 0.717) is 17.4 Å². The summed E-state index contributed by atoms with van der Waals surface area (Å²) in [5.41, 5.74) is 4.09. The van der Waals surface area contributed by atoms with Crippen LogP contribution in [0.4, 0.5) is 5.13 Å². The minimum atomic E-state index is -0.418. The number of rotatable bonds is 6. The quantitative estimate of drug-likeness (QED) is 0.382. The fraction of sp³-hybridized carbons (Fsp3) is 0.214. The van der Waals surface area contributed by atoms with E-state index in [2.05, 4.69) is 15.5 Å². The molecule has 0 spiro atoms. The summed E-state index contributed by atoms with van der Waals surface area (Å²) in [7, 11) is 0. The van der Waals surface area contributed by atoms with E-state index in [4.69, 9.17) is 4.74 Å². The first-order valence-corrected chi connectivity index (χ1v) is 8.39. The maximum atomic E-state index is 11.5. The molecule has 1 heterocycles. The lowest BCUT2D eigenvalue weighted by Crippen LogP contribution is -2.04. The topological polar surface area (TPSA) is 63.6 Å². The highest BCUT2D eigenvalue weighted by atomic mass is 32.2. The number of nitrogens with zero attached hydrogens (tertiary/aromatic N) is 2. The van der Waals surface area contributed by atoms with Crippen molar-refractivity contribution in [2.75, 3.05) is 18.3 Å². The molecule has 0 amide bonds. The number of hydrazone groups is 1. The zero-order valence-corrected chi connectivity index (χ0v) is 13.3. The molecule has 1 N–H and O–H groups in total. The summed E-state index contributed by atoms with van der Waals surface area (Å²) in [6.07, 6.45) is 3.74. The highest BCUT2D eigenvalue weighted by molar-refractivity contribution is 7.98. The second kappa shape index (κ2) is 7.80. The molecule has 0 saturated heterocycles. The molecule has 0 aliphatic rings. The van der Waals surface area contributed by atoms with Crippen molar-refractivity contribution >= 4 is 40.4 Å². The number of carbonyl (C=O) groups excluding carboxylic acids is 1. The molecule has 0 unspecified atom stereocenters. The number of thiazole rings is 1. The van der Waals surface area contributed by atoms with Crippen molar-refractivity contribution < 1.29 is 9.53 Å². The molecule has 2 rings (SSSR count). The van der Waals surface area contributed by atoms with Crippen LogP contribution in [0.1, 0.15) is 23.0 Å². The first-order valence-electron chi connectivity index (χ1n) is 6.28. The molecule has 1 aromatic carbocycles. The molecule has 0 radical (unpaired) electrons. The normalized spacial score (nSPS) is 10.8. The average Bonchev–Trinajstić information content (AvgIpc) is 2.97. The largest absolute Gasteiger partial charge is 0.461 e. The van der Waals surface area contributed by atoms with Gasteiger partial charge in [-0.15, -0.1) is 23.1 Å². The minimum absolute atomic E-state index is 0.295. The average molecular weight is 321 g/mol. The Labute approximate surface area is 131 Å². The van der Waals surface area contributed by atoms with Gasteiger partial charge in [-0.25, -0.2) is 9.78 Å². The van der Waals surface area contributed by atoms with Crippen LogP contribution < -0.4 is 5.43 Å². The Kier molecular flexibility index (Phi) is 5.77. The maximum Gasteiger partial charge on any atom is 0.357 e. The van der Waals surface area contributed by atoms with Crippen LogP contribution in [0.5, 0.6) is 0 Å². The number of carbonyl (C=O) groups is 1. The fourth-order valence-corrected chi connectivity index (χ4v) is 2.51. The number of benzene rings is 1. The number of ether oxygens (including phenoxy) is 1. The third-order valence-corrected chi connectivity index (χ3v) is 3.97. The molecule has 5 nitrogen and oxygen atoms in total. The van der Waals surface area contributed by atoms with Crippen molar-refractivity contribution in [3.05, 3.63) is 40.9 Å². The summed E-state index contributed by atoms with van der Waals surface area (Å²) in [5.74, 6) is -0.418. The summed E-state index contributed by atoms with van der Waals surface area (Å²) in [6, 6.07) is 8.05. The highest BCUT2D eigenvalue weighted by Crippen LogP contribution is 2.16. The number of hydrogen-bond acceptors (Lipinski definition) is 7. The van der Waals surface area contributed by atoms with E-state index in [1.54, 1.807) is 30.3 Å². The predicted molar refractivity (Wildman–Crippen MR) is 87.5 cm³/mol. The van der Waals surface area contributed by atoms with Crippen molar-refractivity contribution in [1.82, 2.24) is 4.98 Å². The van der Waals surface area contributed by atoms with E-state index >= 15 is 0 Å². The van der Waals surface area contributed by atoms with Gasteiger partial charge >= 0.3 is 5.97 Å². The van der Waals surface area contributed by atoms with Crippen molar-refractivity contribution in [1.29, 1.82) is 0 Å². The van der Waals surface area contributed by atoms with Gasteiger partial charge in [0.25, 0.3) is 0 Å². The highest BCUT2D eigenvalue weighted by Gasteiger charge is 2.10. The predicted octanol–water partition coefficient (Wildman–Crippen LogP) is 3.49. The number of anilines is 1. The Morgan fingerprint density at radius 2 is 2.24 bits per heavy atom. The van der Waals surface area contributed by atoms with Gasteiger partial charge < -0.3 is 4.74 Å². The molecule has 0 aliphatic heterocycles. The summed E-state index contributed by atoms with van der Waals surface area (Å²) in [4.78, 5) is 16.8. The van der Waals surface area contributed by atoms with Gasteiger partial charge in [-0.3, -0.25) is 5.43 Å². The monoisotopic (exact) mass is 321 g/mol. The Morgan fingerprint density at radius 3 is 2.90 bits per heavy atom. The Hall–Kier alpha value is -1.86. The molecule has 0 saturated carbocycles. The van der Waals surface area contributed by atoms with Crippen molar-refractivity contribution in [2.24, 2.45) is 5.10 Å². The molecule has 0 fully saturated rings. The minimum Gasteiger partial charge on any atom is -0.461 e. The van der Waals surface area contributed by atoms with E-state index in [1.165, 1.54) is 16.2 Å². The van der Waals surface area contributed by atoms with Crippen LogP contribution in [0, 0.1) is 0 Å². The van der Waals surface area contributed by atoms with Crippen LogP contribution in [0.15, 0.2) is 39.6 Å². The summed E-state index contributed by atoms with van der Waals surface area (Å²) in [6.45, 7) is 2.10. The number of aromatic nitrogens is 1. The maximum absolute atomic E-state index is 11.5. The van der Waals surface area contributed by atoms with Crippen LogP contribution in [0.2, 0.25) is 0 Å². The molecular formula is C14H15N3O2S2. The molecule has 2 aromatic rings. The van der Waals surface area contributed by atoms with Crippen molar-refractivity contribution in [2.45, 2.75) is 11.8 Å². The van der Waals surface area contributed by atoms with Crippen LogP contribution in [-0.2, 0) is 4.74 Å². The van der Waals surface area contributed by atoms with E-state index < -0.39 is 5.97 Å². The Morgan fingerprint density at radius 1 is 1.48 bits per heavy atom. The van der Waals surface area contributed by atoms with Crippen LogP contribution >= 0.6 is 23.1 Å². The van der Waals surface area contributed by atoms with Crippen LogP contribution in [-0.4, -0.2) is 30.0 Å². The molecular weight excluding hydrogens is 306 g/mol. The SMILES string of the molecule is CCOC(=O)c1csc(N/N=C/c2ccc(SC)cc2)n1. The van der Waals surface area contributed by atoms with Gasteiger partial charge in [0.1, 0.15) is 0 Å². The summed E-state index contributed by atoms with van der Waals surface area (Å²) >= 11 is 3.00. The van der Waals surface area contributed by atoms with Gasteiger partial charge in [0, 0.05) is 10.3 Å². The summed E-state index contributed by atoms with van der Waals surface area (Å²) in [5, 5.41) is 6.29. The van der Waals surface area contributed by atoms with Gasteiger partial charge in [0.15, 0.2) is 5.69 Å². The lowest BCUT2D eigenvalue weighted by molar-refractivity contribution is 0.0520. The lowest BCUT2D eigenvalue weighted by atomic mass is 10.2. The number of esters is 1. The molecule has 7 heteroatoms. The standard InChI is InChI=1S/C14H15N3O2S2/c1-3-19-13(18)12-9-21-14(16-12)17-15-8-10-4-6-11(20-2)7-5-10/h4-9H,3H2,1-2H3,(H,16,17)/b15-8+. The van der Waals surface area contributed by atoms with Gasteiger partial charge in [0.2, 0.25) is 5.13 Å². The van der Waals surface area contributed by atoms with Gasteiger partial charge in [-0.05, 0) is 30.9 Å². The van der Waals surface area contributed by atoms with Gasteiger partial charge in [-0.1, -0.05) is 12.1 Å². The zero-order chi connectivity index (χ0) is 15.1. The van der Waals surface area contributed by atoms with E-state index in [0.717, 1.165) is 5.56 Å². The second-order valence-electron chi connectivity index (χ2n) is 3.90. The summed E-state index contributed by atoms with van der Waals surface area (Å²) < 4.78 is 4.87. The molecule has 0 atom stereocenters. The van der Waals surface area contributed by atoms with Gasteiger partial charge in [0.05, 0.1) is 12.8 Å². The van der Waals surface area contributed by atoms with Crippen LogP contribution in [0.3, 0.4) is 0 Å². The molecule has 0 aliphatic carbocycles. The number of thioether (sulfide) groups is 1. The lowest BCUT2D eigenvalue weighted by Gasteiger charge is -1.97. The van der Waals surface area contributed by atoms with Crippen molar-refractivity contribution in [3.8, 4) is 0 Å². The van der Waals surface area contributed by atoms with E-state index in [1.807, 2.05) is 30.5 Å². The first-order chi connectivity index (χ1) is 10.2. The molecule has 0 bridgehead atoms. The van der Waals surface area contributed by atoms with E-state index in [9.17, 15) is 4.79 Å².